The van der Waals surface area contributed by atoms with Crippen molar-refractivity contribution >= 4 is 28.5 Å². The molecule has 0 bridgehead atoms. The number of para-hydroxylation sites is 1. The van der Waals surface area contributed by atoms with Gasteiger partial charge in [0.05, 0.1) is 12.8 Å². The number of nitrogens with one attached hydrogen (secondary N) is 1. The van der Waals surface area contributed by atoms with E-state index in [1.54, 1.807) is 0 Å². The summed E-state index contributed by atoms with van der Waals surface area (Å²) >= 11 is 6.02. The predicted molar refractivity (Wildman–Crippen MR) is 93.0 cm³/mol. The van der Waals surface area contributed by atoms with Gasteiger partial charge in [0.25, 0.3) is 0 Å². The number of H-pyrrole nitrogens is 1. The van der Waals surface area contributed by atoms with E-state index in [2.05, 4.69) is 22.4 Å². The molecule has 1 aliphatic rings. The second kappa shape index (κ2) is 5.96. The van der Waals surface area contributed by atoms with Crippen molar-refractivity contribution in [3.05, 3.63) is 70.4 Å². The van der Waals surface area contributed by atoms with Crippen LogP contribution in [0.2, 0.25) is 5.02 Å². The van der Waals surface area contributed by atoms with Gasteiger partial charge in [0.2, 0.25) is 0 Å². The van der Waals surface area contributed by atoms with Crippen molar-refractivity contribution in [3.8, 4) is 0 Å². The summed E-state index contributed by atoms with van der Waals surface area (Å²) in [5.41, 5.74) is 4.56. The third-order valence-electron chi connectivity index (χ3n) is 4.74. The molecule has 122 valence electrons. The smallest absolute Gasteiger partial charge is 0.364 e. The van der Waals surface area contributed by atoms with E-state index in [1.807, 2.05) is 36.4 Å². The summed E-state index contributed by atoms with van der Waals surface area (Å²) in [6, 6.07) is 15.8. The highest BCUT2D eigenvalue weighted by atomic mass is 35.5. The van der Waals surface area contributed by atoms with E-state index in [9.17, 15) is 4.79 Å². The summed E-state index contributed by atoms with van der Waals surface area (Å²) in [6.45, 7) is 0. The Morgan fingerprint density at radius 3 is 2.71 bits per heavy atom. The van der Waals surface area contributed by atoms with Gasteiger partial charge in [-0.05, 0) is 23.8 Å². The lowest BCUT2D eigenvalue weighted by Crippen LogP contribution is -2.94. The minimum absolute atomic E-state index is 0.0162. The van der Waals surface area contributed by atoms with Gasteiger partial charge < -0.3 is 15.0 Å². The van der Waals surface area contributed by atoms with Gasteiger partial charge >= 0.3 is 5.97 Å². The van der Waals surface area contributed by atoms with Gasteiger partial charge in [0.15, 0.2) is 12.1 Å². The third kappa shape index (κ3) is 2.48. The molecule has 1 aliphatic heterocycles. The molecule has 4 rings (SSSR count). The van der Waals surface area contributed by atoms with E-state index < -0.39 is 0 Å². The second-order valence-electron chi connectivity index (χ2n) is 6.12. The number of quaternary nitrogens is 1. The molecular formula is C19H18ClN2O2+. The minimum atomic E-state index is -0.248. The van der Waals surface area contributed by atoms with Crippen LogP contribution in [0.3, 0.4) is 0 Å². The molecule has 2 heterocycles. The van der Waals surface area contributed by atoms with Gasteiger partial charge in [-0.25, -0.2) is 4.79 Å². The number of benzene rings is 2. The molecule has 3 aromatic rings. The molecule has 1 aromatic heterocycles. The number of methoxy groups -OCH3 is 1. The fourth-order valence-electron chi connectivity index (χ4n) is 3.58. The number of esters is 1. The molecule has 5 heteroatoms. The van der Waals surface area contributed by atoms with Gasteiger partial charge in [-0.15, -0.1) is 0 Å². The molecule has 0 spiro atoms. The van der Waals surface area contributed by atoms with Crippen LogP contribution in [-0.4, -0.2) is 24.1 Å². The SMILES string of the molecule is COC(=O)C1Cc2c([nH]c3ccccc23)C(c2ccc(Cl)cc2)[NH2+]1. The Kier molecular flexibility index (Phi) is 3.79. The minimum Gasteiger partial charge on any atom is -0.465 e. The van der Waals surface area contributed by atoms with Crippen LogP contribution in [0.15, 0.2) is 48.5 Å². The zero-order chi connectivity index (χ0) is 16.7. The Bertz CT molecular complexity index is 901. The molecule has 0 saturated carbocycles. The largest absolute Gasteiger partial charge is 0.465 e. The van der Waals surface area contributed by atoms with Gasteiger partial charge in [-0.3, -0.25) is 0 Å². The average Bonchev–Trinajstić information content (AvgIpc) is 2.99. The molecular weight excluding hydrogens is 324 g/mol. The van der Waals surface area contributed by atoms with Crippen LogP contribution in [0.5, 0.6) is 0 Å². The number of nitrogens with two attached hydrogens (primary N) is 1. The molecule has 0 amide bonds. The van der Waals surface area contributed by atoms with E-state index in [0.29, 0.717) is 11.4 Å². The molecule has 0 saturated heterocycles. The highest BCUT2D eigenvalue weighted by Crippen LogP contribution is 2.32. The maximum absolute atomic E-state index is 12.2. The lowest BCUT2D eigenvalue weighted by atomic mass is 9.90. The number of hydrogen-bond acceptors (Lipinski definition) is 2. The number of carbonyl (C=O) groups excluding carboxylic acids is 1. The average molecular weight is 342 g/mol. The van der Waals surface area contributed by atoms with Crippen molar-refractivity contribution in [2.24, 2.45) is 0 Å². The van der Waals surface area contributed by atoms with Crippen LogP contribution in [0.1, 0.15) is 22.9 Å². The Balaban J connectivity index is 1.86. The Hall–Kier alpha value is -2.30. The molecule has 2 aromatic carbocycles. The second-order valence-corrected chi connectivity index (χ2v) is 6.55. The summed E-state index contributed by atoms with van der Waals surface area (Å²) in [4.78, 5) is 15.7. The van der Waals surface area contributed by atoms with Crippen LogP contribution in [0.4, 0.5) is 0 Å². The normalized spacial score (nSPS) is 19.9. The number of hydrogen-bond donors (Lipinski definition) is 2. The summed E-state index contributed by atoms with van der Waals surface area (Å²) in [5, 5.41) is 3.96. The van der Waals surface area contributed by atoms with Crippen LogP contribution >= 0.6 is 11.6 Å². The number of halogens is 1. The maximum atomic E-state index is 12.2. The van der Waals surface area contributed by atoms with Crippen molar-refractivity contribution in [2.45, 2.75) is 18.5 Å². The monoisotopic (exact) mass is 341 g/mol. The topological polar surface area (TPSA) is 58.7 Å². The standard InChI is InChI=1S/C19H17ClN2O2/c1-24-19(23)16-10-14-13-4-2-3-5-15(13)21-18(14)17(22-16)11-6-8-12(20)9-7-11/h2-9,16-17,21-22H,10H2,1H3/p+1. The summed E-state index contributed by atoms with van der Waals surface area (Å²) in [5.74, 6) is -0.190. The van der Waals surface area contributed by atoms with Gasteiger partial charge in [0, 0.05) is 27.9 Å². The number of ether oxygens (including phenoxy) is 1. The van der Waals surface area contributed by atoms with Gasteiger partial charge in [0.1, 0.15) is 0 Å². The number of aromatic nitrogens is 1. The van der Waals surface area contributed by atoms with Crippen molar-refractivity contribution in [3.63, 3.8) is 0 Å². The zero-order valence-corrected chi connectivity index (χ0v) is 14.0. The molecule has 0 radical (unpaired) electrons. The summed E-state index contributed by atoms with van der Waals surface area (Å²) in [7, 11) is 1.44. The maximum Gasteiger partial charge on any atom is 0.364 e. The highest BCUT2D eigenvalue weighted by Gasteiger charge is 2.38. The van der Waals surface area contributed by atoms with E-state index >= 15 is 0 Å². The first kappa shape index (κ1) is 15.2. The van der Waals surface area contributed by atoms with E-state index in [-0.39, 0.29) is 18.1 Å². The van der Waals surface area contributed by atoms with E-state index in [1.165, 1.54) is 18.1 Å². The fraction of sp³-hybridized carbons (Fsp3) is 0.211. The lowest BCUT2D eigenvalue weighted by Gasteiger charge is -2.27. The Morgan fingerprint density at radius 1 is 1.21 bits per heavy atom. The first-order chi connectivity index (χ1) is 11.7. The Labute approximate surface area is 144 Å². The Morgan fingerprint density at radius 2 is 1.96 bits per heavy atom. The molecule has 2 unspecified atom stereocenters. The van der Waals surface area contributed by atoms with Crippen molar-refractivity contribution in [2.75, 3.05) is 7.11 Å². The van der Waals surface area contributed by atoms with E-state index in [4.69, 9.17) is 16.3 Å². The molecule has 4 nitrogen and oxygen atoms in total. The first-order valence-electron chi connectivity index (χ1n) is 7.95. The molecule has 24 heavy (non-hydrogen) atoms. The zero-order valence-electron chi connectivity index (χ0n) is 13.3. The molecule has 0 aliphatic carbocycles. The highest BCUT2D eigenvalue weighted by molar-refractivity contribution is 6.30. The quantitative estimate of drug-likeness (QED) is 0.704. The van der Waals surface area contributed by atoms with Crippen LogP contribution < -0.4 is 5.32 Å². The summed E-state index contributed by atoms with van der Waals surface area (Å²) in [6.07, 6.45) is 0.663. The van der Waals surface area contributed by atoms with Crippen LogP contribution in [-0.2, 0) is 16.0 Å². The van der Waals surface area contributed by atoms with Gasteiger partial charge in [-0.2, -0.15) is 0 Å². The molecule has 3 N–H and O–H groups in total. The summed E-state index contributed by atoms with van der Waals surface area (Å²) < 4.78 is 5.00. The molecule has 0 fully saturated rings. The van der Waals surface area contributed by atoms with E-state index in [0.717, 1.165) is 16.8 Å². The van der Waals surface area contributed by atoms with Crippen molar-refractivity contribution in [1.29, 1.82) is 0 Å². The third-order valence-corrected chi connectivity index (χ3v) is 4.99. The number of aromatic amines is 1. The van der Waals surface area contributed by atoms with Crippen molar-refractivity contribution in [1.82, 2.24) is 4.98 Å². The van der Waals surface area contributed by atoms with Crippen LogP contribution in [0, 0.1) is 0 Å². The predicted octanol–water partition coefficient (Wildman–Crippen LogP) is 2.57. The van der Waals surface area contributed by atoms with Crippen LogP contribution in [0.25, 0.3) is 10.9 Å². The number of carbonyl (C=O) groups is 1. The van der Waals surface area contributed by atoms with Gasteiger partial charge in [-0.1, -0.05) is 41.9 Å². The fourth-order valence-corrected chi connectivity index (χ4v) is 3.71. The number of fused-ring (bicyclic) bond motifs is 3. The first-order valence-corrected chi connectivity index (χ1v) is 8.33. The lowest BCUT2D eigenvalue weighted by molar-refractivity contribution is -0.712. The molecule has 2 atom stereocenters. The van der Waals surface area contributed by atoms with Crippen molar-refractivity contribution < 1.29 is 14.8 Å². The number of rotatable bonds is 2.